The summed E-state index contributed by atoms with van der Waals surface area (Å²) < 4.78 is 5.47. The molecule has 0 bridgehead atoms. The molecular weight excluding hydrogens is 346 g/mol. The van der Waals surface area contributed by atoms with Gasteiger partial charge in [0.2, 0.25) is 5.56 Å². The van der Waals surface area contributed by atoms with Crippen molar-refractivity contribution in [3.05, 3.63) is 86.7 Å². The molecule has 0 aliphatic rings. The normalized spacial score (nSPS) is 12.2. The van der Waals surface area contributed by atoms with Crippen molar-refractivity contribution in [1.82, 2.24) is 15.0 Å². The summed E-state index contributed by atoms with van der Waals surface area (Å²) in [7, 11) is 0. The molecule has 2 aromatic carbocycles. The third kappa shape index (κ3) is 3.10. The first-order chi connectivity index (χ1) is 13.0. The van der Waals surface area contributed by atoms with E-state index in [4.69, 9.17) is 4.74 Å². The number of carbonyl (C=O) groups is 1. The number of carbonyl (C=O) groups excluding carboxylic acids is 1. The van der Waals surface area contributed by atoms with Crippen molar-refractivity contribution in [2.24, 2.45) is 0 Å². The molecule has 4 rings (SSSR count). The number of aromatic nitrogens is 3. The van der Waals surface area contributed by atoms with Crippen LogP contribution in [-0.2, 0) is 4.74 Å². The van der Waals surface area contributed by atoms with Crippen molar-refractivity contribution in [1.29, 1.82) is 0 Å². The van der Waals surface area contributed by atoms with Gasteiger partial charge in [-0.15, -0.1) is 0 Å². The summed E-state index contributed by atoms with van der Waals surface area (Å²) in [4.78, 5) is 46.4. The van der Waals surface area contributed by atoms with Crippen molar-refractivity contribution in [3.8, 4) is 0 Å². The van der Waals surface area contributed by atoms with Gasteiger partial charge in [-0.1, -0.05) is 30.3 Å². The van der Waals surface area contributed by atoms with Crippen LogP contribution in [0.25, 0.3) is 21.8 Å². The number of H-pyrrole nitrogens is 2. The average Bonchev–Trinajstić information content (AvgIpc) is 2.67. The molecule has 0 saturated heterocycles. The Labute approximate surface area is 152 Å². The second-order valence-corrected chi connectivity index (χ2v) is 6.11. The summed E-state index contributed by atoms with van der Waals surface area (Å²) in [5.74, 6) is -0.429. The lowest BCUT2D eigenvalue weighted by Crippen LogP contribution is -2.18. The molecule has 0 radical (unpaired) electrons. The highest BCUT2D eigenvalue weighted by Crippen LogP contribution is 2.20. The number of pyridine rings is 1. The average molecular weight is 361 g/mol. The zero-order valence-corrected chi connectivity index (χ0v) is 14.4. The van der Waals surface area contributed by atoms with Crippen molar-refractivity contribution >= 4 is 27.8 Å². The highest BCUT2D eigenvalue weighted by molar-refractivity contribution is 6.03. The predicted molar refractivity (Wildman–Crippen MR) is 101 cm³/mol. The third-order valence-electron chi connectivity index (χ3n) is 4.27. The number of nitrogens with one attached hydrogen (secondary N) is 2. The molecule has 1 unspecified atom stereocenters. The second-order valence-electron chi connectivity index (χ2n) is 6.11. The number of benzene rings is 2. The van der Waals surface area contributed by atoms with Crippen molar-refractivity contribution in [3.63, 3.8) is 0 Å². The molecule has 4 aromatic rings. The molecule has 2 heterocycles. The molecule has 0 spiro atoms. The molecule has 1 atom stereocenters. The zero-order chi connectivity index (χ0) is 19.0. The first-order valence-corrected chi connectivity index (χ1v) is 8.35. The van der Waals surface area contributed by atoms with E-state index in [1.54, 1.807) is 55.5 Å². The summed E-state index contributed by atoms with van der Waals surface area (Å²) in [6.45, 7) is 1.61. The van der Waals surface area contributed by atoms with Gasteiger partial charge in [-0.25, -0.2) is 9.78 Å². The fraction of sp³-hybridized carbons (Fsp3) is 0.100. The minimum absolute atomic E-state index is 0.157. The van der Waals surface area contributed by atoms with Crippen LogP contribution in [0.5, 0.6) is 0 Å². The highest BCUT2D eigenvalue weighted by Gasteiger charge is 2.19. The van der Waals surface area contributed by atoms with Crippen LogP contribution in [0.4, 0.5) is 0 Å². The maximum Gasteiger partial charge on any atom is 0.339 e. The van der Waals surface area contributed by atoms with Crippen LogP contribution >= 0.6 is 0 Å². The maximum absolute atomic E-state index is 12.6. The molecular formula is C20H15N3O4. The summed E-state index contributed by atoms with van der Waals surface area (Å²) in [5, 5.41) is 1.04. The van der Waals surface area contributed by atoms with E-state index >= 15 is 0 Å². The van der Waals surface area contributed by atoms with Crippen LogP contribution in [0, 0.1) is 0 Å². The molecule has 7 heteroatoms. The molecule has 7 nitrogen and oxygen atoms in total. The smallest absolute Gasteiger partial charge is 0.339 e. The zero-order valence-electron chi connectivity index (χ0n) is 14.4. The Kier molecular flexibility index (Phi) is 4.04. The van der Waals surface area contributed by atoms with Crippen molar-refractivity contribution < 1.29 is 9.53 Å². The molecule has 2 N–H and O–H groups in total. The van der Waals surface area contributed by atoms with Gasteiger partial charge in [0, 0.05) is 17.0 Å². The van der Waals surface area contributed by atoms with E-state index in [9.17, 15) is 14.4 Å². The fourth-order valence-corrected chi connectivity index (χ4v) is 2.95. The van der Waals surface area contributed by atoms with Crippen LogP contribution in [-0.4, -0.2) is 20.9 Å². The van der Waals surface area contributed by atoms with Gasteiger partial charge in [-0.05, 0) is 25.1 Å². The highest BCUT2D eigenvalue weighted by atomic mass is 16.5. The minimum atomic E-state index is -0.798. The van der Waals surface area contributed by atoms with Crippen LogP contribution in [0.1, 0.15) is 29.2 Å². The Morgan fingerprint density at radius 2 is 1.70 bits per heavy atom. The summed E-state index contributed by atoms with van der Waals surface area (Å²) >= 11 is 0. The van der Waals surface area contributed by atoms with E-state index in [0.29, 0.717) is 21.8 Å². The van der Waals surface area contributed by atoms with E-state index < -0.39 is 17.6 Å². The Morgan fingerprint density at radius 3 is 2.52 bits per heavy atom. The van der Waals surface area contributed by atoms with Crippen LogP contribution in [0.15, 0.2) is 64.2 Å². The Bertz CT molecular complexity index is 1290. The third-order valence-corrected chi connectivity index (χ3v) is 4.27. The molecule has 0 fully saturated rings. The molecule has 0 saturated carbocycles. The first-order valence-electron chi connectivity index (χ1n) is 8.35. The SMILES string of the molecule is CC(OC(=O)c1cc(=O)[nH]c2ccccc12)c1nc2ccccc2c(=O)[nH]1. The predicted octanol–water partition coefficient (Wildman–Crippen LogP) is 2.68. The standard InChI is InChI=1S/C20H15N3O4/c1-11(18-22-16-9-5-3-7-13(16)19(25)23-18)27-20(26)14-10-17(24)21-15-8-4-2-6-12(14)15/h2-11H,1H3,(H,21,24)(H,22,23,25). The van der Waals surface area contributed by atoms with Gasteiger partial charge in [0.15, 0.2) is 11.9 Å². The molecule has 0 amide bonds. The van der Waals surface area contributed by atoms with Gasteiger partial charge in [0.1, 0.15) is 0 Å². The van der Waals surface area contributed by atoms with Crippen LogP contribution < -0.4 is 11.1 Å². The van der Waals surface area contributed by atoms with Gasteiger partial charge in [-0.2, -0.15) is 0 Å². The number of nitrogens with zero attached hydrogens (tertiary/aromatic N) is 1. The largest absolute Gasteiger partial charge is 0.451 e. The van der Waals surface area contributed by atoms with Crippen LogP contribution in [0.2, 0.25) is 0 Å². The number of hydrogen-bond acceptors (Lipinski definition) is 5. The molecule has 134 valence electrons. The van der Waals surface area contributed by atoms with E-state index in [0.717, 1.165) is 0 Å². The minimum Gasteiger partial charge on any atom is -0.451 e. The molecule has 0 aliphatic heterocycles. The quantitative estimate of drug-likeness (QED) is 0.546. The van der Waals surface area contributed by atoms with Crippen molar-refractivity contribution in [2.45, 2.75) is 13.0 Å². The number of para-hydroxylation sites is 2. The van der Waals surface area contributed by atoms with Gasteiger partial charge in [0.05, 0.1) is 16.5 Å². The number of rotatable bonds is 3. The Hall–Kier alpha value is -3.74. The number of aromatic amines is 2. The summed E-state index contributed by atoms with van der Waals surface area (Å²) in [5.41, 5.74) is 0.512. The number of ether oxygens (including phenoxy) is 1. The molecule has 27 heavy (non-hydrogen) atoms. The van der Waals surface area contributed by atoms with E-state index in [1.165, 1.54) is 6.07 Å². The van der Waals surface area contributed by atoms with Gasteiger partial charge >= 0.3 is 5.97 Å². The molecule has 0 aliphatic carbocycles. The molecule has 2 aromatic heterocycles. The summed E-state index contributed by atoms with van der Waals surface area (Å²) in [6, 6.07) is 15.1. The summed E-state index contributed by atoms with van der Waals surface area (Å²) in [6.07, 6.45) is -0.798. The Morgan fingerprint density at radius 1 is 1.00 bits per heavy atom. The van der Waals surface area contributed by atoms with E-state index in [1.807, 2.05) is 0 Å². The first kappa shape index (κ1) is 16.7. The topological polar surface area (TPSA) is 105 Å². The van der Waals surface area contributed by atoms with Gasteiger partial charge in [0.25, 0.3) is 5.56 Å². The van der Waals surface area contributed by atoms with Crippen LogP contribution in [0.3, 0.4) is 0 Å². The van der Waals surface area contributed by atoms with Crippen molar-refractivity contribution in [2.75, 3.05) is 0 Å². The van der Waals surface area contributed by atoms with Gasteiger partial charge < -0.3 is 14.7 Å². The van der Waals surface area contributed by atoms with E-state index in [2.05, 4.69) is 15.0 Å². The van der Waals surface area contributed by atoms with Gasteiger partial charge in [-0.3, -0.25) is 9.59 Å². The number of fused-ring (bicyclic) bond motifs is 2. The van der Waals surface area contributed by atoms with E-state index in [-0.39, 0.29) is 16.9 Å². The fourth-order valence-electron chi connectivity index (χ4n) is 2.95. The maximum atomic E-state index is 12.6. The lowest BCUT2D eigenvalue weighted by atomic mass is 10.1. The second kappa shape index (κ2) is 6.53. The number of hydrogen-bond donors (Lipinski definition) is 2. The monoisotopic (exact) mass is 361 g/mol. The Balaban J connectivity index is 1.70. The lowest BCUT2D eigenvalue weighted by molar-refractivity contribution is 0.0322. The number of esters is 1. The lowest BCUT2D eigenvalue weighted by Gasteiger charge is -2.14.